The molecule has 1 heterocycles. The van der Waals surface area contributed by atoms with Gasteiger partial charge in [0.05, 0.1) is 54.7 Å². The summed E-state index contributed by atoms with van der Waals surface area (Å²) in [6.07, 6.45) is 9.99. The Kier molecular flexibility index (Phi) is 83.0. The number of unbranched alkanes of at least 4 members (excludes halogenated alkanes) is 4. The van der Waals surface area contributed by atoms with Gasteiger partial charge < -0.3 is 36.3 Å². The fraction of sp³-hybridized carbons (Fsp3) is 0.403. The Morgan fingerprint density at radius 2 is 0.964 bits per heavy atom. The van der Waals surface area contributed by atoms with Crippen LogP contribution in [0.2, 0.25) is 5.02 Å². The zero-order chi connectivity index (χ0) is 86.0. The summed E-state index contributed by atoms with van der Waals surface area (Å²) in [7, 11) is 2.79. The molecular weight excluding hydrogens is 2100 g/mol. The molecule has 6 amide bonds. The van der Waals surface area contributed by atoms with Crippen molar-refractivity contribution >= 4 is 273 Å². The highest BCUT2D eigenvalue weighted by molar-refractivity contribution is 9.10. The van der Waals surface area contributed by atoms with Gasteiger partial charge in [0.1, 0.15) is 17.6 Å². The van der Waals surface area contributed by atoms with Gasteiger partial charge in [-0.1, -0.05) is 234 Å². The van der Waals surface area contributed by atoms with Crippen molar-refractivity contribution in [1.82, 2.24) is 4.90 Å². The number of Topliss-reactive ketones (excluding diaryl/α,β-unsaturated/α-hetero) is 1. The van der Waals surface area contributed by atoms with E-state index in [-0.39, 0.29) is 88.9 Å². The molecular formula is C77H98Br8Cl6N6O15. The number of nitrogens with zero attached hydrogens (tertiary/aromatic N) is 2. The van der Waals surface area contributed by atoms with Crippen molar-refractivity contribution in [2.24, 2.45) is 17.4 Å². The number of imide groups is 1. The summed E-state index contributed by atoms with van der Waals surface area (Å²) >= 11 is 57.8. The van der Waals surface area contributed by atoms with Gasteiger partial charge in [-0.25, -0.2) is 4.79 Å². The summed E-state index contributed by atoms with van der Waals surface area (Å²) in [5, 5.41) is 22.3. The summed E-state index contributed by atoms with van der Waals surface area (Å²) in [4.78, 5) is 118. The van der Waals surface area contributed by atoms with Crippen LogP contribution in [0.15, 0.2) is 156 Å². The Labute approximate surface area is 756 Å². The highest BCUT2D eigenvalue weighted by Crippen LogP contribution is 2.23. The number of halogens is 14. The van der Waals surface area contributed by atoms with E-state index in [4.69, 9.17) is 74.3 Å². The Morgan fingerprint density at radius 3 is 1.29 bits per heavy atom. The maximum atomic E-state index is 11.7. The van der Waals surface area contributed by atoms with E-state index in [2.05, 4.69) is 192 Å². The number of nitro benzene ring substituents is 1. The number of rotatable bonds is 28. The van der Waals surface area contributed by atoms with E-state index in [1.54, 1.807) is 104 Å². The lowest BCUT2D eigenvalue weighted by Gasteiger charge is -2.10. The number of primary amides is 2. The first-order valence-electron chi connectivity index (χ1n) is 34.0. The predicted octanol–water partition coefficient (Wildman–Crippen LogP) is 22.0. The molecule has 0 unspecified atom stereocenters. The number of methoxy groups -OCH3 is 2. The largest absolute Gasteiger partial charge is 0.469 e. The fourth-order valence-corrected chi connectivity index (χ4v) is 10.8. The van der Waals surface area contributed by atoms with Crippen molar-refractivity contribution in [3.8, 4) is 0 Å². The van der Waals surface area contributed by atoms with Crippen LogP contribution in [0.25, 0.3) is 0 Å². The normalized spacial score (nSPS) is 9.92. The van der Waals surface area contributed by atoms with Gasteiger partial charge in [-0.15, -0.1) is 58.0 Å². The molecule has 0 atom stereocenters. The number of hydrogen-bond acceptors (Lipinski definition) is 15. The van der Waals surface area contributed by atoms with Gasteiger partial charge in [-0.2, -0.15) is 0 Å². The van der Waals surface area contributed by atoms with Crippen LogP contribution in [0.3, 0.4) is 0 Å². The molecule has 0 spiro atoms. The van der Waals surface area contributed by atoms with E-state index < -0.39 is 10.8 Å². The molecule has 6 aromatic carbocycles. The second-order valence-electron chi connectivity index (χ2n) is 21.8. The number of esters is 3. The average molecular weight is 2200 g/mol. The first-order valence-corrected chi connectivity index (χ1v) is 45.6. The topological polar surface area (TPSA) is 321 Å². The van der Waals surface area contributed by atoms with Crippen molar-refractivity contribution in [1.29, 1.82) is 0 Å². The van der Waals surface area contributed by atoms with E-state index >= 15 is 0 Å². The molecule has 35 heteroatoms. The molecule has 6 aromatic rings. The maximum absolute atomic E-state index is 11.7. The van der Waals surface area contributed by atoms with Crippen LogP contribution < -0.4 is 22.1 Å². The molecule has 0 fully saturated rings. The third-order valence-corrected chi connectivity index (χ3v) is 18.1. The minimum absolute atomic E-state index is 0.0155. The van der Waals surface area contributed by atoms with Crippen LogP contribution in [-0.2, 0) is 53.6 Å². The van der Waals surface area contributed by atoms with Gasteiger partial charge in [0.2, 0.25) is 23.6 Å². The van der Waals surface area contributed by atoms with Gasteiger partial charge in [-0.05, 0) is 135 Å². The van der Waals surface area contributed by atoms with Crippen LogP contribution in [0.1, 0.15) is 144 Å². The van der Waals surface area contributed by atoms with Crippen LogP contribution in [0.4, 0.5) is 17.1 Å². The van der Waals surface area contributed by atoms with Gasteiger partial charge in [0.25, 0.3) is 17.5 Å². The number of benzene rings is 6. The monoisotopic (exact) mass is 2190 g/mol. The molecule has 6 N–H and O–H groups in total. The van der Waals surface area contributed by atoms with Crippen LogP contribution in [0.5, 0.6) is 0 Å². The molecule has 1 aliphatic rings. The number of anilines is 2. The number of nitrogens with two attached hydrogens (primary N) is 2. The van der Waals surface area contributed by atoms with E-state index in [9.17, 15) is 58.1 Å². The lowest BCUT2D eigenvalue weighted by atomic mass is 10.1. The lowest BCUT2D eigenvalue weighted by molar-refractivity contribution is -0.384. The molecule has 0 aromatic heterocycles. The van der Waals surface area contributed by atoms with Crippen molar-refractivity contribution in [3.05, 3.63) is 205 Å². The fourth-order valence-electron chi connectivity index (χ4n) is 6.82. The zero-order valence-corrected chi connectivity index (χ0v) is 80.2. The molecule has 0 bridgehead atoms. The number of alkyl halides is 12. The summed E-state index contributed by atoms with van der Waals surface area (Å²) in [5.74, 6) is -1.43. The van der Waals surface area contributed by atoms with Gasteiger partial charge in [0.15, 0.2) is 5.78 Å². The average Bonchev–Trinajstić information content (AvgIpc) is 1.64. The smallest absolute Gasteiger partial charge is 0.338 e. The van der Waals surface area contributed by atoms with E-state index in [0.717, 1.165) is 55.8 Å². The molecule has 624 valence electrons. The van der Waals surface area contributed by atoms with E-state index in [0.29, 0.717) is 75.5 Å². The highest BCUT2D eigenvalue weighted by Gasteiger charge is 2.34. The molecule has 0 aliphatic carbocycles. The van der Waals surface area contributed by atoms with Gasteiger partial charge in [-0.3, -0.25) is 58.2 Å². The number of ketones is 1. The summed E-state index contributed by atoms with van der Waals surface area (Å²) in [6, 6.07) is 44.0. The Balaban J connectivity index is -0.000000377. The molecule has 0 saturated carbocycles. The summed E-state index contributed by atoms with van der Waals surface area (Å²) in [5.41, 5.74) is 15.1. The number of ether oxygens (including phenoxy) is 3. The number of hydrogen-bond donors (Lipinski definition) is 4. The number of amides is 6. The Morgan fingerprint density at radius 1 is 0.518 bits per heavy atom. The van der Waals surface area contributed by atoms with E-state index in [1.807, 2.05) is 30.3 Å². The van der Waals surface area contributed by atoms with Crippen molar-refractivity contribution in [2.75, 3.05) is 94.1 Å². The van der Waals surface area contributed by atoms with Crippen LogP contribution in [-0.4, -0.2) is 152 Å². The van der Waals surface area contributed by atoms with Crippen molar-refractivity contribution in [2.45, 2.75) is 103 Å². The predicted molar refractivity (Wildman–Crippen MR) is 488 cm³/mol. The first-order chi connectivity index (χ1) is 53.4. The number of carbonyl (C=O) groups is 10. The zero-order valence-electron chi connectivity index (χ0n) is 62.9. The Hall–Kier alpha value is -4.60. The second-order valence-corrected chi connectivity index (χ2v) is 29.7. The van der Waals surface area contributed by atoms with E-state index in [1.165, 1.54) is 74.2 Å². The maximum Gasteiger partial charge on any atom is 0.338 e. The van der Waals surface area contributed by atoms with Crippen molar-refractivity contribution < 1.29 is 67.1 Å². The number of nitro groups is 1. The Bertz CT molecular complexity index is 3480. The number of nitrogens with one attached hydrogen (secondary N) is 2. The van der Waals surface area contributed by atoms with Gasteiger partial charge >= 0.3 is 17.9 Å². The van der Waals surface area contributed by atoms with Crippen molar-refractivity contribution in [3.63, 3.8) is 0 Å². The number of carbonyl (C=O) groups excluding carboxylic acids is 10. The third-order valence-electron chi connectivity index (χ3n) is 12.5. The quantitative estimate of drug-likeness (QED) is 0.00518. The summed E-state index contributed by atoms with van der Waals surface area (Å²) < 4.78 is 14.6. The molecule has 0 radical (unpaired) electrons. The SMILES string of the molecule is BrCc1ccccc1.CC(C)CCBr.CCCCCCBr.CCOC(=O)c1ccc(NC(=O)CCl)cc1.COC(=O)CCBr.COC(=O)CCCCBr.NC(=O)CCCl.NC(=O)CCl.O=C(CCl)Nc1ccc(Br)cc1.O=C(CCl)c1ccc(Cl)cc1.O=C1c2ccccc2C(=O)N1CCBr.O=[N+]([O-])c1ccc(CBr)cc1. The lowest BCUT2D eigenvalue weighted by Crippen LogP contribution is -2.31. The second kappa shape index (κ2) is 80.2. The molecule has 1 aliphatic heterocycles. The molecule has 7 rings (SSSR count). The summed E-state index contributed by atoms with van der Waals surface area (Å²) in [6.45, 7) is 9.18. The number of non-ortho nitro benzene ring substituents is 1. The molecule has 0 saturated heterocycles. The molecule has 21 nitrogen and oxygen atoms in total. The highest BCUT2D eigenvalue weighted by atomic mass is 79.9. The first kappa shape index (κ1) is 116. The third kappa shape index (κ3) is 67.6. The van der Waals surface area contributed by atoms with Crippen LogP contribution in [0, 0.1) is 16.0 Å². The number of fused-ring (bicyclic) bond motifs is 1. The minimum Gasteiger partial charge on any atom is -0.469 e. The minimum atomic E-state index is -0.480. The van der Waals surface area contributed by atoms with Crippen LogP contribution >= 0.6 is 197 Å². The molecule has 112 heavy (non-hydrogen) atoms. The standard InChI is InChI=1S/C11H12ClNO3.C10H8BrNO2.C8H7BrClNO.C8H6Cl2O.C7H6BrNO2.C7H7Br.C6H11BrO2.C6H13Br.C5H11Br.C4H7BrO2.C3H6ClNO.C2H4ClNO/c1-2-16-11(15)8-3-5-9(6-4-8)13-10(14)7-12;11-5-6-12-9(13)7-3-1-2-4-8(7)10(12)14;9-6-1-3-7(4-2-6)11-8(12)5-10;9-5-8(11)6-1-3-7(10)4-2-6;8-5-6-1-3-7(4-2-6)9(10)11;8-6-7-4-2-1-3-5-7;1-9-6(8)4-2-3-5-7;1-2-3-4-5-6-7;1-5(2)3-4-6;1-7-4(6)2-3-5;4-2-1-3(5)6;3-1-2(4)5/h3-6H,2,7H2,1H3,(H,13,14);1-4H,5-6H2;1-4H,5H2,(H,11,12);2*1-4H,5H2;1-5H,6H2;2-5H2,1H3;2-6H2,1H3;5H,3-4H2,1-2H3;2-3H2,1H3;1-2H2,(H2,5,6);1H2,(H2,4,5). The van der Waals surface area contributed by atoms with Gasteiger partial charge in [0, 0.05) is 101 Å².